The number of hydrogen-bond donors (Lipinski definition) is 4. The topological polar surface area (TPSA) is 64.5 Å². The summed E-state index contributed by atoms with van der Waals surface area (Å²) in [6, 6.07) is 0. The van der Waals surface area contributed by atoms with Gasteiger partial charge in [0.25, 0.3) is 0 Å². The number of fused-ring (bicyclic) bond motifs is 5. The molecule has 0 radical (unpaired) electrons. The van der Waals surface area contributed by atoms with E-state index in [1.54, 1.807) is 0 Å². The van der Waals surface area contributed by atoms with Gasteiger partial charge in [0.15, 0.2) is 5.72 Å². The van der Waals surface area contributed by atoms with Crippen LogP contribution in [-0.4, -0.2) is 35.3 Å². The predicted octanol–water partition coefficient (Wildman–Crippen LogP) is 3.24. The fourth-order valence-corrected chi connectivity index (χ4v) is 8.82. The zero-order chi connectivity index (χ0) is 18.9. The van der Waals surface area contributed by atoms with Crippen LogP contribution in [0.15, 0.2) is 0 Å². The molecule has 1 aliphatic heterocycles. The fourth-order valence-electron chi connectivity index (χ4n) is 8.82. The summed E-state index contributed by atoms with van der Waals surface area (Å²) < 4.78 is 0. The van der Waals surface area contributed by atoms with Gasteiger partial charge < -0.3 is 10.2 Å². The summed E-state index contributed by atoms with van der Waals surface area (Å²) >= 11 is 0. The summed E-state index contributed by atoms with van der Waals surface area (Å²) in [6.45, 7) is 6.59. The third kappa shape index (κ3) is 2.69. The summed E-state index contributed by atoms with van der Waals surface area (Å²) in [4.78, 5) is 0. The molecule has 0 amide bonds. The molecule has 0 spiro atoms. The first kappa shape index (κ1) is 18.8. The molecule has 0 aromatic carbocycles. The Morgan fingerprint density at radius 3 is 2.44 bits per heavy atom. The van der Waals surface area contributed by atoms with Crippen molar-refractivity contribution in [2.75, 3.05) is 13.1 Å². The summed E-state index contributed by atoms with van der Waals surface area (Å²) in [5, 5.41) is 28.2. The van der Waals surface area contributed by atoms with Gasteiger partial charge in [0.1, 0.15) is 6.23 Å². The molecule has 4 N–H and O–H groups in total. The van der Waals surface area contributed by atoms with Crippen molar-refractivity contribution in [2.24, 2.45) is 40.4 Å². The van der Waals surface area contributed by atoms with Gasteiger partial charge >= 0.3 is 0 Å². The molecule has 0 aromatic heterocycles. The molecule has 9 atom stereocenters. The van der Waals surface area contributed by atoms with Crippen LogP contribution in [0.3, 0.4) is 0 Å². The maximum atomic E-state index is 11.3. The largest absolute Gasteiger partial charge is 0.374 e. The van der Waals surface area contributed by atoms with Crippen molar-refractivity contribution in [1.82, 2.24) is 10.6 Å². The summed E-state index contributed by atoms with van der Waals surface area (Å²) in [5.41, 5.74) is -0.207. The van der Waals surface area contributed by atoms with E-state index in [1.807, 2.05) is 0 Å². The van der Waals surface area contributed by atoms with E-state index in [1.165, 1.54) is 51.4 Å². The van der Waals surface area contributed by atoms with Gasteiger partial charge in [-0.25, -0.2) is 0 Å². The van der Waals surface area contributed by atoms with Crippen LogP contribution in [0, 0.1) is 40.4 Å². The van der Waals surface area contributed by atoms with Gasteiger partial charge in [0.05, 0.1) is 0 Å². The maximum Gasteiger partial charge on any atom is 0.158 e. The Labute approximate surface area is 164 Å². The molecule has 4 aliphatic carbocycles. The van der Waals surface area contributed by atoms with Crippen molar-refractivity contribution in [3.05, 3.63) is 0 Å². The monoisotopic (exact) mass is 376 g/mol. The van der Waals surface area contributed by atoms with E-state index in [2.05, 4.69) is 24.5 Å². The lowest BCUT2D eigenvalue weighted by molar-refractivity contribution is -0.197. The Morgan fingerprint density at radius 1 is 0.852 bits per heavy atom. The number of aliphatic hydroxyl groups excluding tert-OH is 1. The smallest absolute Gasteiger partial charge is 0.158 e. The van der Waals surface area contributed by atoms with Crippen molar-refractivity contribution in [1.29, 1.82) is 0 Å². The first-order valence-corrected chi connectivity index (χ1v) is 11.8. The normalized spacial score (nSPS) is 58.2. The standard InChI is InChI=1S/C23H40N2O2/c1-21-10-3-4-18(21)17-8-7-15-5-6-16(14-22(15,2)19(17)9-11-21)23(27)20(26)24-12-13-25-23/h15-20,24-27H,3-14H2,1-2H3/t15?,16?,17?,18?,19?,20?,21-,22-,23?/m0/s1. The van der Waals surface area contributed by atoms with Crippen LogP contribution < -0.4 is 10.6 Å². The molecule has 4 nitrogen and oxygen atoms in total. The first-order valence-electron chi connectivity index (χ1n) is 11.8. The molecule has 27 heavy (non-hydrogen) atoms. The van der Waals surface area contributed by atoms with Crippen LogP contribution in [0.2, 0.25) is 0 Å². The summed E-state index contributed by atoms with van der Waals surface area (Å²) in [7, 11) is 0. The number of piperazine rings is 1. The molecule has 1 heterocycles. The molecule has 1 saturated heterocycles. The predicted molar refractivity (Wildman–Crippen MR) is 107 cm³/mol. The highest BCUT2D eigenvalue weighted by molar-refractivity contribution is 5.09. The van der Waals surface area contributed by atoms with Crippen molar-refractivity contribution < 1.29 is 10.2 Å². The van der Waals surface area contributed by atoms with Crippen molar-refractivity contribution in [3.63, 3.8) is 0 Å². The maximum absolute atomic E-state index is 11.3. The van der Waals surface area contributed by atoms with Gasteiger partial charge in [-0.15, -0.1) is 0 Å². The van der Waals surface area contributed by atoms with Gasteiger partial charge in [-0.1, -0.05) is 20.3 Å². The average molecular weight is 377 g/mol. The third-order valence-electron chi connectivity index (χ3n) is 10.3. The second kappa shape index (κ2) is 6.42. The highest BCUT2D eigenvalue weighted by Gasteiger charge is 2.60. The van der Waals surface area contributed by atoms with E-state index in [0.717, 1.165) is 49.6 Å². The SMILES string of the molecule is C[C@@]12CCCC1C1CCC3CCC(C4(O)NCCNC4O)C[C@]3(C)C1CC2. The zero-order valence-corrected chi connectivity index (χ0v) is 17.3. The van der Waals surface area contributed by atoms with Crippen LogP contribution in [0.1, 0.15) is 78.1 Å². The van der Waals surface area contributed by atoms with E-state index in [0.29, 0.717) is 10.8 Å². The number of aliphatic hydroxyl groups is 2. The van der Waals surface area contributed by atoms with Crippen LogP contribution in [0.25, 0.3) is 0 Å². The minimum atomic E-state index is -1.16. The minimum absolute atomic E-state index is 0.150. The van der Waals surface area contributed by atoms with Gasteiger partial charge in [0.2, 0.25) is 0 Å². The number of nitrogens with one attached hydrogen (secondary N) is 2. The molecule has 5 fully saturated rings. The van der Waals surface area contributed by atoms with E-state index >= 15 is 0 Å². The van der Waals surface area contributed by atoms with Crippen molar-refractivity contribution in [2.45, 2.75) is 90.0 Å². The first-order chi connectivity index (χ1) is 12.9. The van der Waals surface area contributed by atoms with Gasteiger partial charge in [-0.2, -0.15) is 0 Å². The molecule has 154 valence electrons. The van der Waals surface area contributed by atoms with E-state index < -0.39 is 12.0 Å². The highest BCUT2D eigenvalue weighted by atomic mass is 16.4. The molecule has 0 bridgehead atoms. The minimum Gasteiger partial charge on any atom is -0.374 e. The van der Waals surface area contributed by atoms with Crippen molar-refractivity contribution >= 4 is 0 Å². The Balaban J connectivity index is 1.41. The lowest BCUT2D eigenvalue weighted by Gasteiger charge is -2.62. The molecule has 5 aliphatic rings. The second-order valence-corrected chi connectivity index (χ2v) is 11.3. The van der Waals surface area contributed by atoms with Gasteiger partial charge in [-0.3, -0.25) is 10.6 Å². The quantitative estimate of drug-likeness (QED) is 0.567. The van der Waals surface area contributed by atoms with Crippen LogP contribution >= 0.6 is 0 Å². The molecule has 5 rings (SSSR count). The fraction of sp³-hybridized carbons (Fsp3) is 1.00. The van der Waals surface area contributed by atoms with E-state index in [-0.39, 0.29) is 5.92 Å². The molecule has 4 saturated carbocycles. The van der Waals surface area contributed by atoms with E-state index in [4.69, 9.17) is 0 Å². The molecule has 7 unspecified atom stereocenters. The Bertz CT molecular complexity index is 585. The Hall–Kier alpha value is -0.160. The molecule has 0 aromatic rings. The van der Waals surface area contributed by atoms with Crippen molar-refractivity contribution in [3.8, 4) is 0 Å². The number of hydrogen-bond acceptors (Lipinski definition) is 4. The van der Waals surface area contributed by atoms with Crippen LogP contribution in [0.4, 0.5) is 0 Å². The molecular weight excluding hydrogens is 336 g/mol. The summed E-state index contributed by atoms with van der Waals surface area (Å²) in [6.07, 6.45) is 12.5. The van der Waals surface area contributed by atoms with Crippen LogP contribution in [-0.2, 0) is 0 Å². The Morgan fingerprint density at radius 2 is 1.63 bits per heavy atom. The highest BCUT2D eigenvalue weighted by Crippen LogP contribution is 2.67. The third-order valence-corrected chi connectivity index (χ3v) is 10.3. The lowest BCUT2D eigenvalue weighted by Crippen LogP contribution is -2.70. The van der Waals surface area contributed by atoms with Gasteiger partial charge in [0, 0.05) is 19.0 Å². The second-order valence-electron chi connectivity index (χ2n) is 11.3. The van der Waals surface area contributed by atoms with Gasteiger partial charge in [-0.05, 0) is 92.3 Å². The lowest BCUT2D eigenvalue weighted by atomic mass is 9.44. The summed E-state index contributed by atoms with van der Waals surface area (Å²) in [5.74, 6) is 3.64. The molecular formula is C23H40N2O2. The van der Waals surface area contributed by atoms with E-state index in [9.17, 15) is 10.2 Å². The van der Waals surface area contributed by atoms with Crippen LogP contribution in [0.5, 0.6) is 0 Å². The average Bonchev–Trinajstić information content (AvgIpc) is 3.05. The number of rotatable bonds is 1. The zero-order valence-electron chi connectivity index (χ0n) is 17.3. The Kier molecular flexibility index (Phi) is 4.48. The molecule has 4 heteroatoms.